The summed E-state index contributed by atoms with van der Waals surface area (Å²) < 4.78 is 1.79. The number of hydrogen-bond donors (Lipinski definition) is 1. The van der Waals surface area contributed by atoms with Gasteiger partial charge in [-0.05, 0) is 34.5 Å². The number of anilines is 1. The molecule has 0 atom stereocenters. The fourth-order valence-electron chi connectivity index (χ4n) is 1.89. The summed E-state index contributed by atoms with van der Waals surface area (Å²) in [5.41, 5.74) is 1.44. The first-order valence-electron chi connectivity index (χ1n) is 6.10. The zero-order chi connectivity index (χ0) is 15.6. The third kappa shape index (κ3) is 3.10. The van der Waals surface area contributed by atoms with Crippen molar-refractivity contribution in [3.63, 3.8) is 0 Å². The topological polar surface area (TPSA) is 90.1 Å². The van der Waals surface area contributed by atoms with Crippen LogP contribution in [0, 0.1) is 17.0 Å². The average molecular weight is 353 g/mol. The Bertz CT molecular complexity index is 758. The first-order valence-corrected chi connectivity index (χ1v) is 6.90. The van der Waals surface area contributed by atoms with E-state index >= 15 is 0 Å². The second-order valence-corrected chi connectivity index (χ2v) is 5.23. The van der Waals surface area contributed by atoms with Crippen LogP contribution < -0.4 is 10.9 Å². The second-order valence-electron chi connectivity index (χ2n) is 4.44. The molecule has 21 heavy (non-hydrogen) atoms. The number of rotatable bonds is 4. The van der Waals surface area contributed by atoms with E-state index < -0.39 is 4.92 Å². The molecule has 0 unspecified atom stereocenters. The molecule has 1 aromatic heterocycles. The molecule has 8 heteroatoms. The zero-order valence-corrected chi connectivity index (χ0v) is 13.0. The molecule has 0 radical (unpaired) electrons. The quantitative estimate of drug-likeness (QED) is 0.673. The minimum absolute atomic E-state index is 0.0258. The van der Waals surface area contributed by atoms with Crippen LogP contribution in [0.4, 0.5) is 11.4 Å². The van der Waals surface area contributed by atoms with Crippen molar-refractivity contribution < 1.29 is 4.92 Å². The Labute approximate surface area is 128 Å². The molecule has 1 heterocycles. The van der Waals surface area contributed by atoms with Crippen LogP contribution >= 0.6 is 15.9 Å². The molecule has 0 aliphatic carbocycles. The van der Waals surface area contributed by atoms with Gasteiger partial charge in [0.25, 0.3) is 11.2 Å². The number of nitro groups is 1. The number of nitrogens with one attached hydrogen (secondary N) is 1. The lowest BCUT2D eigenvalue weighted by molar-refractivity contribution is -0.384. The highest BCUT2D eigenvalue weighted by Gasteiger charge is 2.14. The Morgan fingerprint density at radius 2 is 2.19 bits per heavy atom. The van der Waals surface area contributed by atoms with Gasteiger partial charge in [0.05, 0.1) is 23.5 Å². The third-order valence-electron chi connectivity index (χ3n) is 3.04. The van der Waals surface area contributed by atoms with Gasteiger partial charge in [-0.25, -0.2) is 4.98 Å². The van der Waals surface area contributed by atoms with Gasteiger partial charge in [-0.3, -0.25) is 19.5 Å². The molecule has 2 aromatic rings. The smallest absolute Gasteiger partial charge is 0.292 e. The van der Waals surface area contributed by atoms with Gasteiger partial charge < -0.3 is 5.32 Å². The molecular weight excluding hydrogens is 340 g/mol. The SMILES string of the molecule is CNc1ccc(Cn2cnc(C)c(Br)c2=O)cc1[N+](=O)[O-]. The zero-order valence-electron chi connectivity index (χ0n) is 11.5. The van der Waals surface area contributed by atoms with Crippen molar-refractivity contribution in [2.75, 3.05) is 12.4 Å². The lowest BCUT2D eigenvalue weighted by Gasteiger charge is -2.08. The molecule has 110 valence electrons. The predicted molar refractivity (Wildman–Crippen MR) is 82.7 cm³/mol. The van der Waals surface area contributed by atoms with E-state index in [9.17, 15) is 14.9 Å². The minimum Gasteiger partial charge on any atom is -0.383 e. The van der Waals surface area contributed by atoms with Crippen LogP contribution in [0.15, 0.2) is 33.8 Å². The Morgan fingerprint density at radius 1 is 1.48 bits per heavy atom. The summed E-state index contributed by atoms with van der Waals surface area (Å²) in [7, 11) is 1.62. The molecular formula is C13H13BrN4O3. The van der Waals surface area contributed by atoms with Crippen molar-refractivity contribution >= 4 is 27.3 Å². The molecule has 1 N–H and O–H groups in total. The molecule has 0 saturated heterocycles. The molecule has 0 aliphatic heterocycles. The average Bonchev–Trinajstić information content (AvgIpc) is 2.47. The van der Waals surface area contributed by atoms with Gasteiger partial charge in [0.2, 0.25) is 0 Å². The summed E-state index contributed by atoms with van der Waals surface area (Å²) >= 11 is 3.19. The van der Waals surface area contributed by atoms with Crippen molar-refractivity contribution in [1.82, 2.24) is 9.55 Å². The molecule has 1 aromatic carbocycles. The molecule has 0 amide bonds. The van der Waals surface area contributed by atoms with Crippen molar-refractivity contribution in [3.8, 4) is 0 Å². The minimum atomic E-state index is -0.457. The Morgan fingerprint density at radius 3 is 2.81 bits per heavy atom. The number of aromatic nitrogens is 2. The standard InChI is InChI=1S/C13H13BrN4O3/c1-8-12(14)13(19)17(7-16-8)6-9-3-4-10(15-2)11(5-9)18(20)21/h3-5,7,15H,6H2,1-2H3. The van der Waals surface area contributed by atoms with Crippen molar-refractivity contribution in [2.45, 2.75) is 13.5 Å². The highest BCUT2D eigenvalue weighted by molar-refractivity contribution is 9.10. The summed E-state index contributed by atoms with van der Waals surface area (Å²) in [5.74, 6) is 0. The maximum atomic E-state index is 12.1. The van der Waals surface area contributed by atoms with E-state index in [0.717, 1.165) is 0 Å². The van der Waals surface area contributed by atoms with Crippen LogP contribution in [0.5, 0.6) is 0 Å². The summed E-state index contributed by atoms with van der Waals surface area (Å²) in [5, 5.41) is 13.8. The van der Waals surface area contributed by atoms with E-state index in [-0.39, 0.29) is 17.8 Å². The first kappa shape index (κ1) is 15.2. The van der Waals surface area contributed by atoms with Gasteiger partial charge in [-0.15, -0.1) is 0 Å². The van der Waals surface area contributed by atoms with E-state index in [1.54, 1.807) is 26.1 Å². The largest absolute Gasteiger partial charge is 0.383 e. The third-order valence-corrected chi connectivity index (χ3v) is 3.95. The molecule has 0 saturated carbocycles. The van der Waals surface area contributed by atoms with Gasteiger partial charge in [0.15, 0.2) is 0 Å². The van der Waals surface area contributed by atoms with Gasteiger partial charge in [0.1, 0.15) is 10.2 Å². The molecule has 2 rings (SSSR count). The van der Waals surface area contributed by atoms with Gasteiger partial charge in [-0.2, -0.15) is 0 Å². The van der Waals surface area contributed by atoms with Crippen LogP contribution in [-0.4, -0.2) is 21.5 Å². The summed E-state index contributed by atoms with van der Waals surface area (Å²) in [6.45, 7) is 1.94. The van der Waals surface area contributed by atoms with E-state index in [4.69, 9.17) is 0 Å². The van der Waals surface area contributed by atoms with Crippen LogP contribution in [-0.2, 0) is 6.54 Å². The van der Waals surface area contributed by atoms with Crippen molar-refractivity contribution in [1.29, 1.82) is 0 Å². The molecule has 0 aliphatic rings. The van der Waals surface area contributed by atoms with Crippen LogP contribution in [0.2, 0.25) is 0 Å². The van der Waals surface area contributed by atoms with Crippen LogP contribution in [0.3, 0.4) is 0 Å². The van der Waals surface area contributed by atoms with E-state index in [1.165, 1.54) is 17.0 Å². The van der Waals surface area contributed by atoms with E-state index in [2.05, 4.69) is 26.2 Å². The fourth-order valence-corrected chi connectivity index (χ4v) is 2.22. The lowest BCUT2D eigenvalue weighted by atomic mass is 10.1. The Hall–Kier alpha value is -2.22. The van der Waals surface area contributed by atoms with Crippen LogP contribution in [0.1, 0.15) is 11.3 Å². The molecule has 0 fully saturated rings. The summed E-state index contributed by atoms with van der Waals surface area (Å²) in [6, 6.07) is 4.81. The van der Waals surface area contributed by atoms with Gasteiger partial charge >= 0.3 is 0 Å². The van der Waals surface area contributed by atoms with E-state index in [1.807, 2.05) is 0 Å². The van der Waals surface area contributed by atoms with Crippen LogP contribution in [0.25, 0.3) is 0 Å². The number of aryl methyl sites for hydroxylation is 1. The Kier molecular flexibility index (Phi) is 4.37. The molecule has 0 spiro atoms. The number of nitro benzene ring substituents is 1. The second kappa shape index (κ2) is 6.04. The summed E-state index contributed by atoms with van der Waals surface area (Å²) in [6.07, 6.45) is 1.43. The van der Waals surface area contributed by atoms with Gasteiger partial charge in [-0.1, -0.05) is 6.07 Å². The van der Waals surface area contributed by atoms with Crippen molar-refractivity contribution in [2.24, 2.45) is 0 Å². The maximum absolute atomic E-state index is 12.1. The number of hydrogen-bond acceptors (Lipinski definition) is 5. The monoisotopic (exact) mass is 352 g/mol. The Balaban J connectivity index is 2.41. The number of halogens is 1. The molecule has 0 bridgehead atoms. The highest BCUT2D eigenvalue weighted by Crippen LogP contribution is 2.25. The molecule has 7 nitrogen and oxygen atoms in total. The highest BCUT2D eigenvalue weighted by atomic mass is 79.9. The van der Waals surface area contributed by atoms with E-state index in [0.29, 0.717) is 21.4 Å². The number of nitrogens with zero attached hydrogens (tertiary/aromatic N) is 3. The normalized spacial score (nSPS) is 10.4. The maximum Gasteiger partial charge on any atom is 0.292 e. The first-order chi connectivity index (χ1) is 9.93. The fraction of sp³-hybridized carbons (Fsp3) is 0.231. The predicted octanol–water partition coefficient (Wildman–Crippen LogP) is 2.31. The van der Waals surface area contributed by atoms with Crippen molar-refractivity contribution in [3.05, 3.63) is 60.7 Å². The lowest BCUT2D eigenvalue weighted by Crippen LogP contribution is -2.22. The summed E-state index contributed by atoms with van der Waals surface area (Å²) in [4.78, 5) is 26.7. The van der Waals surface area contributed by atoms with Gasteiger partial charge in [0, 0.05) is 13.1 Å². The number of benzene rings is 1.